The topological polar surface area (TPSA) is 0 Å². The van der Waals surface area contributed by atoms with Gasteiger partial charge in [0.2, 0.25) is 0 Å². The normalized spacial score (nSPS) is 9.19. The molecule has 0 spiro atoms. The van der Waals surface area contributed by atoms with Gasteiger partial charge in [0, 0.05) is 0 Å². The molecule has 0 fully saturated rings. The van der Waals surface area contributed by atoms with Crippen molar-refractivity contribution in [1.29, 1.82) is 0 Å². The van der Waals surface area contributed by atoms with Crippen molar-refractivity contribution >= 4 is 0 Å². The lowest BCUT2D eigenvalue weighted by Gasteiger charge is -2.04. The molecule has 6 aromatic rings. The second-order valence-electron chi connectivity index (χ2n) is 11.8. The third-order valence-corrected chi connectivity index (χ3v) is 6.51. The molecular weight excluding hydrogens is 577 g/mol. The van der Waals surface area contributed by atoms with Crippen LogP contribution < -0.4 is 0 Å². The second kappa shape index (κ2) is 26.4. The lowest BCUT2D eigenvalue weighted by molar-refractivity contribution is 1.09. The minimum Gasteiger partial charge on any atom is -0.0656 e. The van der Waals surface area contributed by atoms with Crippen molar-refractivity contribution in [3.05, 3.63) is 180 Å². The van der Waals surface area contributed by atoms with Gasteiger partial charge in [0.05, 0.1) is 0 Å². The average Bonchev–Trinajstić information content (AvgIpc) is 3.12. The highest BCUT2D eigenvalue weighted by Gasteiger charge is 1.98. The summed E-state index contributed by atoms with van der Waals surface area (Å²) in [5.41, 5.74) is 11.7. The molecule has 0 radical (unpaired) electrons. The van der Waals surface area contributed by atoms with Crippen LogP contribution in [0.3, 0.4) is 0 Å². The van der Waals surface area contributed by atoms with Crippen molar-refractivity contribution < 1.29 is 0 Å². The van der Waals surface area contributed by atoms with E-state index in [1.54, 1.807) is 0 Å². The molecule has 0 saturated carbocycles. The molecule has 0 heterocycles. The van der Waals surface area contributed by atoms with E-state index in [0.717, 1.165) is 0 Å². The van der Waals surface area contributed by atoms with Crippen LogP contribution in [0.4, 0.5) is 0 Å². The third-order valence-electron chi connectivity index (χ3n) is 6.51. The average molecular weight is 637 g/mol. The number of rotatable bonds is 3. The molecule has 0 atom stereocenters. The molecule has 0 aliphatic rings. The van der Waals surface area contributed by atoms with Crippen molar-refractivity contribution in [3.8, 4) is 33.4 Å². The van der Waals surface area contributed by atoms with Gasteiger partial charge in [0.15, 0.2) is 0 Å². The fraction of sp³-hybridized carbons (Fsp3) is 0.250. The van der Waals surface area contributed by atoms with Crippen molar-refractivity contribution in [1.82, 2.24) is 0 Å². The van der Waals surface area contributed by atoms with Crippen molar-refractivity contribution in [2.75, 3.05) is 0 Å². The van der Waals surface area contributed by atoms with E-state index in [1.807, 2.05) is 18.2 Å². The van der Waals surface area contributed by atoms with E-state index in [2.05, 4.69) is 208 Å². The summed E-state index contributed by atoms with van der Waals surface area (Å²) in [4.78, 5) is 0. The fourth-order valence-electron chi connectivity index (χ4n) is 4.35. The highest BCUT2D eigenvalue weighted by molar-refractivity contribution is 5.67. The molecule has 0 bridgehead atoms. The van der Waals surface area contributed by atoms with Crippen LogP contribution in [0.25, 0.3) is 33.4 Å². The highest BCUT2D eigenvalue weighted by Crippen LogP contribution is 2.22. The van der Waals surface area contributed by atoms with Crippen LogP contribution in [0, 0.1) is 20.8 Å². The third kappa shape index (κ3) is 17.3. The van der Waals surface area contributed by atoms with Crippen LogP contribution in [0.2, 0.25) is 0 Å². The molecular formula is C48H60. The minimum atomic E-state index is 1.25. The van der Waals surface area contributed by atoms with Crippen LogP contribution in [0.15, 0.2) is 164 Å². The first kappa shape index (κ1) is 41.3. The number of hydrogen-bond donors (Lipinski definition) is 0. The van der Waals surface area contributed by atoms with E-state index < -0.39 is 0 Å². The summed E-state index contributed by atoms with van der Waals surface area (Å²) in [5, 5.41) is 0. The SMILES string of the molecule is CCC.CCC.CCC.Cc1ccc(-c2ccccc2)cc1.Cc1cccc(-c2ccccc2)c1.Cc1ccccc1-c1ccccc1. The molecule has 0 unspecified atom stereocenters. The van der Waals surface area contributed by atoms with E-state index in [1.165, 1.54) is 69.3 Å². The molecule has 0 N–H and O–H groups in total. The van der Waals surface area contributed by atoms with Gasteiger partial charge in [-0.05, 0) is 59.7 Å². The summed E-state index contributed by atoms with van der Waals surface area (Å²) in [6.07, 6.45) is 3.75. The maximum Gasteiger partial charge on any atom is -0.0155 e. The summed E-state index contributed by atoms with van der Waals surface area (Å²) in [6.45, 7) is 19.1. The molecule has 6 rings (SSSR count). The number of hydrogen-bond acceptors (Lipinski definition) is 0. The van der Waals surface area contributed by atoms with E-state index in [0.29, 0.717) is 0 Å². The Kier molecular flexibility index (Phi) is 22.7. The van der Waals surface area contributed by atoms with Crippen LogP contribution in [-0.4, -0.2) is 0 Å². The Balaban J connectivity index is 0.000000320. The molecule has 0 aliphatic carbocycles. The molecule has 0 saturated heterocycles. The first-order valence-corrected chi connectivity index (χ1v) is 17.7. The van der Waals surface area contributed by atoms with Gasteiger partial charge in [-0.2, -0.15) is 0 Å². The number of aryl methyl sites for hydroxylation is 3. The zero-order valence-electron chi connectivity index (χ0n) is 31.2. The van der Waals surface area contributed by atoms with Gasteiger partial charge >= 0.3 is 0 Å². The zero-order chi connectivity index (χ0) is 35.4. The minimum absolute atomic E-state index is 1.25. The van der Waals surface area contributed by atoms with E-state index in [-0.39, 0.29) is 0 Å². The summed E-state index contributed by atoms with van der Waals surface area (Å²) in [5.74, 6) is 0. The summed E-state index contributed by atoms with van der Waals surface area (Å²) in [7, 11) is 0. The lowest BCUT2D eigenvalue weighted by Crippen LogP contribution is -1.80. The Labute approximate surface area is 294 Å². The first-order chi connectivity index (χ1) is 23.3. The number of benzene rings is 6. The fourth-order valence-corrected chi connectivity index (χ4v) is 4.35. The summed E-state index contributed by atoms with van der Waals surface area (Å²) in [6, 6.07) is 56.9. The van der Waals surface area contributed by atoms with Crippen LogP contribution in [-0.2, 0) is 0 Å². The maximum atomic E-state index is 2.20. The Hall–Kier alpha value is -4.68. The molecule has 48 heavy (non-hydrogen) atoms. The monoisotopic (exact) mass is 636 g/mol. The van der Waals surface area contributed by atoms with E-state index >= 15 is 0 Å². The predicted molar refractivity (Wildman–Crippen MR) is 218 cm³/mol. The molecule has 0 nitrogen and oxygen atoms in total. The van der Waals surface area contributed by atoms with Crippen molar-refractivity contribution in [3.63, 3.8) is 0 Å². The molecule has 252 valence electrons. The molecule has 0 aliphatic heterocycles. The molecule has 0 amide bonds. The van der Waals surface area contributed by atoms with Crippen LogP contribution in [0.5, 0.6) is 0 Å². The zero-order valence-corrected chi connectivity index (χ0v) is 31.2. The van der Waals surface area contributed by atoms with Gasteiger partial charge in [-0.1, -0.05) is 236 Å². The van der Waals surface area contributed by atoms with E-state index in [4.69, 9.17) is 0 Å². The summed E-state index contributed by atoms with van der Waals surface area (Å²) >= 11 is 0. The van der Waals surface area contributed by atoms with Gasteiger partial charge < -0.3 is 0 Å². The smallest absolute Gasteiger partial charge is 0.0155 e. The lowest BCUT2D eigenvalue weighted by atomic mass is 10.0. The Morgan fingerprint density at radius 1 is 0.292 bits per heavy atom. The molecule has 0 aromatic heterocycles. The van der Waals surface area contributed by atoms with E-state index in [9.17, 15) is 0 Å². The Bertz CT molecular complexity index is 1580. The quantitative estimate of drug-likeness (QED) is 0.181. The largest absolute Gasteiger partial charge is 0.0656 e. The van der Waals surface area contributed by atoms with Gasteiger partial charge in [0.1, 0.15) is 0 Å². The van der Waals surface area contributed by atoms with Crippen LogP contribution in [0.1, 0.15) is 77.5 Å². The Morgan fingerprint density at radius 3 is 1.08 bits per heavy atom. The standard InChI is InChI=1S/3C13H12.3C3H8/c1-11-7-5-6-10-13(11)12-8-3-2-4-9-12;1-11-6-5-9-13(10-11)12-7-3-2-4-8-12;1-11-7-9-13(10-8-11)12-5-3-2-4-6-12;3*1-3-2/h3*2-10H,1H3;3*3H2,1-2H3. The van der Waals surface area contributed by atoms with Crippen molar-refractivity contribution in [2.24, 2.45) is 0 Å². The molecule has 0 heteroatoms. The van der Waals surface area contributed by atoms with Gasteiger partial charge in [0.25, 0.3) is 0 Å². The van der Waals surface area contributed by atoms with Crippen LogP contribution >= 0.6 is 0 Å². The van der Waals surface area contributed by atoms with Gasteiger partial charge in [-0.15, -0.1) is 0 Å². The van der Waals surface area contributed by atoms with Gasteiger partial charge in [-0.3, -0.25) is 0 Å². The molecule has 6 aromatic carbocycles. The van der Waals surface area contributed by atoms with Gasteiger partial charge in [-0.25, -0.2) is 0 Å². The first-order valence-electron chi connectivity index (χ1n) is 17.7. The predicted octanol–water partition coefficient (Wildman–Crippen LogP) is 15.2. The summed E-state index contributed by atoms with van der Waals surface area (Å²) < 4.78 is 0. The maximum absolute atomic E-state index is 2.20. The van der Waals surface area contributed by atoms with Crippen molar-refractivity contribution in [2.45, 2.75) is 81.6 Å². The highest BCUT2D eigenvalue weighted by atomic mass is 14.0. The Morgan fingerprint density at radius 2 is 0.646 bits per heavy atom. The second-order valence-corrected chi connectivity index (χ2v) is 11.8.